The van der Waals surface area contributed by atoms with Crippen molar-refractivity contribution < 1.29 is 5.11 Å². The van der Waals surface area contributed by atoms with Crippen molar-refractivity contribution in [2.75, 3.05) is 31.6 Å². The zero-order chi connectivity index (χ0) is 14.5. The Kier molecular flexibility index (Phi) is 4.62. The third-order valence-electron chi connectivity index (χ3n) is 4.11. The van der Waals surface area contributed by atoms with E-state index in [-0.39, 0.29) is 6.61 Å². The van der Waals surface area contributed by atoms with Crippen molar-refractivity contribution in [3.63, 3.8) is 0 Å². The van der Waals surface area contributed by atoms with Crippen LogP contribution in [-0.2, 0) is 0 Å². The van der Waals surface area contributed by atoms with Gasteiger partial charge in [-0.3, -0.25) is 9.88 Å². The normalized spacial score (nSPS) is 19.8. The summed E-state index contributed by atoms with van der Waals surface area (Å²) >= 11 is 0. The third-order valence-corrected chi connectivity index (χ3v) is 4.11. The Labute approximate surface area is 125 Å². The molecule has 1 aromatic carbocycles. The molecular weight excluding hydrogens is 264 g/mol. The number of fused-ring (bicyclic) bond motifs is 1. The van der Waals surface area contributed by atoms with Crippen molar-refractivity contribution in [2.45, 2.75) is 25.3 Å². The maximum atomic E-state index is 9.41. The van der Waals surface area contributed by atoms with E-state index in [0.29, 0.717) is 6.04 Å². The number of para-hydroxylation sites is 2. The summed E-state index contributed by atoms with van der Waals surface area (Å²) in [6, 6.07) is 8.20. The zero-order valence-corrected chi connectivity index (χ0v) is 12.2. The van der Waals surface area contributed by atoms with Crippen LogP contribution in [0.15, 0.2) is 30.5 Å². The highest BCUT2D eigenvalue weighted by atomic mass is 16.3. The summed E-state index contributed by atoms with van der Waals surface area (Å²) in [6.45, 7) is 3.09. The van der Waals surface area contributed by atoms with E-state index in [9.17, 15) is 5.11 Å². The second-order valence-electron chi connectivity index (χ2n) is 5.54. The van der Waals surface area contributed by atoms with Gasteiger partial charge in [-0.25, -0.2) is 4.98 Å². The van der Waals surface area contributed by atoms with Gasteiger partial charge in [-0.15, -0.1) is 0 Å². The van der Waals surface area contributed by atoms with Gasteiger partial charge in [0.2, 0.25) is 0 Å². The molecule has 0 spiro atoms. The lowest BCUT2D eigenvalue weighted by atomic mass is 10.0. The molecule has 21 heavy (non-hydrogen) atoms. The number of aromatic nitrogens is 2. The van der Waals surface area contributed by atoms with Gasteiger partial charge in [-0.05, 0) is 31.5 Å². The average molecular weight is 286 g/mol. The first-order valence-corrected chi connectivity index (χ1v) is 7.67. The number of benzene rings is 1. The Bertz CT molecular complexity index is 589. The average Bonchev–Trinajstić information content (AvgIpc) is 2.55. The summed E-state index contributed by atoms with van der Waals surface area (Å²) in [4.78, 5) is 11.3. The van der Waals surface area contributed by atoms with Gasteiger partial charge in [0.05, 0.1) is 23.8 Å². The van der Waals surface area contributed by atoms with Gasteiger partial charge in [0.1, 0.15) is 5.82 Å². The molecule has 112 valence electrons. The lowest BCUT2D eigenvalue weighted by Crippen LogP contribution is -2.44. The predicted octanol–water partition coefficient (Wildman–Crippen LogP) is 1.89. The van der Waals surface area contributed by atoms with Gasteiger partial charge in [0, 0.05) is 19.1 Å². The van der Waals surface area contributed by atoms with Gasteiger partial charge >= 0.3 is 0 Å². The topological polar surface area (TPSA) is 61.3 Å². The molecule has 1 aromatic heterocycles. The van der Waals surface area contributed by atoms with Crippen molar-refractivity contribution >= 4 is 16.9 Å². The van der Waals surface area contributed by atoms with Gasteiger partial charge in [0.25, 0.3) is 0 Å². The monoisotopic (exact) mass is 286 g/mol. The van der Waals surface area contributed by atoms with Crippen LogP contribution in [0.4, 0.5) is 5.82 Å². The van der Waals surface area contributed by atoms with Gasteiger partial charge in [-0.1, -0.05) is 18.6 Å². The fourth-order valence-corrected chi connectivity index (χ4v) is 2.93. The summed E-state index contributed by atoms with van der Waals surface area (Å²) in [7, 11) is 0. The van der Waals surface area contributed by atoms with Crippen LogP contribution in [0.5, 0.6) is 0 Å². The first-order chi connectivity index (χ1) is 10.4. The van der Waals surface area contributed by atoms with Crippen LogP contribution in [0, 0.1) is 0 Å². The molecule has 2 aromatic rings. The molecule has 0 saturated carbocycles. The Morgan fingerprint density at radius 3 is 2.95 bits per heavy atom. The molecule has 0 amide bonds. The maximum absolute atomic E-state index is 9.41. The standard InChI is InChI=1S/C16H22N4O/c21-12-13-5-3-4-9-20(13)10-8-17-16-11-18-14-6-1-2-7-15(14)19-16/h1-2,6-7,11,13,21H,3-5,8-10,12H2,(H,17,19). The van der Waals surface area contributed by atoms with E-state index < -0.39 is 0 Å². The summed E-state index contributed by atoms with van der Waals surface area (Å²) in [5.74, 6) is 0.811. The number of hydrogen-bond acceptors (Lipinski definition) is 5. The number of rotatable bonds is 5. The minimum absolute atomic E-state index is 0.260. The molecule has 2 heterocycles. The number of piperidine rings is 1. The number of anilines is 1. The molecule has 1 fully saturated rings. The summed E-state index contributed by atoms with van der Waals surface area (Å²) < 4.78 is 0. The minimum atomic E-state index is 0.260. The van der Waals surface area contributed by atoms with Crippen molar-refractivity contribution in [2.24, 2.45) is 0 Å². The number of hydrogen-bond donors (Lipinski definition) is 2. The van der Waals surface area contributed by atoms with E-state index in [4.69, 9.17) is 0 Å². The molecule has 1 aliphatic heterocycles. The van der Waals surface area contributed by atoms with Crippen LogP contribution in [-0.4, -0.2) is 52.3 Å². The first kappa shape index (κ1) is 14.2. The Hall–Kier alpha value is -1.72. The molecule has 5 heteroatoms. The summed E-state index contributed by atoms with van der Waals surface area (Å²) in [5.41, 5.74) is 1.83. The van der Waals surface area contributed by atoms with E-state index in [0.717, 1.165) is 42.9 Å². The van der Waals surface area contributed by atoms with Crippen LogP contribution >= 0.6 is 0 Å². The van der Waals surface area contributed by atoms with E-state index in [1.807, 2.05) is 24.3 Å². The van der Waals surface area contributed by atoms with E-state index in [2.05, 4.69) is 20.2 Å². The highest BCUT2D eigenvalue weighted by molar-refractivity contribution is 5.75. The number of aliphatic hydroxyl groups excluding tert-OH is 1. The third kappa shape index (κ3) is 3.49. The predicted molar refractivity (Wildman–Crippen MR) is 84.3 cm³/mol. The quantitative estimate of drug-likeness (QED) is 0.879. The molecule has 1 aliphatic rings. The number of nitrogens with zero attached hydrogens (tertiary/aromatic N) is 3. The molecule has 2 N–H and O–H groups in total. The van der Waals surface area contributed by atoms with Crippen LogP contribution in [0.2, 0.25) is 0 Å². The summed E-state index contributed by atoms with van der Waals surface area (Å²) in [5, 5.41) is 12.7. The smallest absolute Gasteiger partial charge is 0.145 e. The Morgan fingerprint density at radius 1 is 1.24 bits per heavy atom. The van der Waals surface area contributed by atoms with Crippen LogP contribution in [0.25, 0.3) is 11.0 Å². The Morgan fingerprint density at radius 2 is 2.10 bits per heavy atom. The molecule has 0 radical (unpaired) electrons. The zero-order valence-electron chi connectivity index (χ0n) is 12.2. The molecule has 1 unspecified atom stereocenters. The lowest BCUT2D eigenvalue weighted by molar-refractivity contribution is 0.0940. The molecule has 5 nitrogen and oxygen atoms in total. The van der Waals surface area contributed by atoms with Crippen molar-refractivity contribution in [3.8, 4) is 0 Å². The van der Waals surface area contributed by atoms with Crippen LogP contribution in [0.1, 0.15) is 19.3 Å². The molecular formula is C16H22N4O. The summed E-state index contributed by atoms with van der Waals surface area (Å²) in [6.07, 6.45) is 5.34. The lowest BCUT2D eigenvalue weighted by Gasteiger charge is -2.34. The van der Waals surface area contributed by atoms with Crippen LogP contribution < -0.4 is 5.32 Å². The highest BCUT2D eigenvalue weighted by Crippen LogP contribution is 2.16. The first-order valence-electron chi connectivity index (χ1n) is 7.67. The largest absolute Gasteiger partial charge is 0.395 e. The molecule has 1 saturated heterocycles. The van der Waals surface area contributed by atoms with Crippen molar-refractivity contribution in [1.82, 2.24) is 14.9 Å². The van der Waals surface area contributed by atoms with E-state index in [1.54, 1.807) is 6.20 Å². The Balaban J connectivity index is 1.56. The number of nitrogens with one attached hydrogen (secondary N) is 1. The van der Waals surface area contributed by atoms with Crippen LogP contribution in [0.3, 0.4) is 0 Å². The minimum Gasteiger partial charge on any atom is -0.395 e. The fourth-order valence-electron chi connectivity index (χ4n) is 2.93. The molecule has 0 bridgehead atoms. The van der Waals surface area contributed by atoms with Crippen molar-refractivity contribution in [1.29, 1.82) is 0 Å². The second kappa shape index (κ2) is 6.83. The van der Waals surface area contributed by atoms with Gasteiger partial charge in [0.15, 0.2) is 0 Å². The molecule has 0 aliphatic carbocycles. The second-order valence-corrected chi connectivity index (χ2v) is 5.54. The van der Waals surface area contributed by atoms with E-state index >= 15 is 0 Å². The van der Waals surface area contributed by atoms with Crippen molar-refractivity contribution in [3.05, 3.63) is 30.5 Å². The van der Waals surface area contributed by atoms with Gasteiger partial charge in [-0.2, -0.15) is 0 Å². The highest BCUT2D eigenvalue weighted by Gasteiger charge is 2.20. The fraction of sp³-hybridized carbons (Fsp3) is 0.500. The molecule has 1 atom stereocenters. The maximum Gasteiger partial charge on any atom is 0.145 e. The number of likely N-dealkylation sites (tertiary alicyclic amines) is 1. The SMILES string of the molecule is OCC1CCCCN1CCNc1cnc2ccccc2n1. The van der Waals surface area contributed by atoms with Gasteiger partial charge < -0.3 is 10.4 Å². The van der Waals surface area contributed by atoms with E-state index in [1.165, 1.54) is 12.8 Å². The molecule has 3 rings (SSSR count). The number of aliphatic hydroxyl groups is 1.